The number of carbonyl (C=O) groups is 1. The van der Waals surface area contributed by atoms with Crippen LogP contribution in [0.5, 0.6) is 0 Å². The zero-order valence-electron chi connectivity index (χ0n) is 11.1. The zero-order chi connectivity index (χ0) is 14.4. The smallest absolute Gasteiger partial charge is 0.315 e. The number of benzene rings is 1. The maximum absolute atomic E-state index is 12.7. The predicted octanol–water partition coefficient (Wildman–Crippen LogP) is 2.78. The van der Waals surface area contributed by atoms with Gasteiger partial charge in [0.1, 0.15) is 5.82 Å². The molecule has 1 heterocycles. The number of hydrogen-bond acceptors (Lipinski definition) is 2. The highest BCUT2D eigenvalue weighted by Crippen LogP contribution is 2.09. The van der Waals surface area contributed by atoms with Gasteiger partial charge < -0.3 is 10.6 Å². The van der Waals surface area contributed by atoms with Crippen LogP contribution in [0.4, 0.5) is 9.18 Å². The van der Waals surface area contributed by atoms with Crippen LogP contribution < -0.4 is 10.6 Å². The van der Waals surface area contributed by atoms with E-state index in [0.717, 1.165) is 11.1 Å². The van der Waals surface area contributed by atoms with Gasteiger partial charge in [0.25, 0.3) is 0 Å². The van der Waals surface area contributed by atoms with Crippen molar-refractivity contribution in [1.82, 2.24) is 15.6 Å². The highest BCUT2D eigenvalue weighted by Gasteiger charge is 2.08. The van der Waals surface area contributed by atoms with Crippen LogP contribution in [0.15, 0.2) is 48.8 Å². The van der Waals surface area contributed by atoms with E-state index in [1.807, 2.05) is 19.1 Å². The van der Waals surface area contributed by atoms with Crippen molar-refractivity contribution in [3.8, 4) is 0 Å². The molecule has 0 spiro atoms. The lowest BCUT2D eigenvalue weighted by atomic mass is 10.1. The molecule has 0 fully saturated rings. The van der Waals surface area contributed by atoms with Crippen molar-refractivity contribution in [1.29, 1.82) is 0 Å². The average Bonchev–Trinajstić information content (AvgIpc) is 2.47. The van der Waals surface area contributed by atoms with Crippen molar-refractivity contribution < 1.29 is 9.18 Å². The summed E-state index contributed by atoms with van der Waals surface area (Å²) in [6.07, 6.45) is 3.40. The van der Waals surface area contributed by atoms with Crippen molar-refractivity contribution in [3.05, 3.63) is 65.7 Å². The fourth-order valence-corrected chi connectivity index (χ4v) is 1.75. The van der Waals surface area contributed by atoms with E-state index in [4.69, 9.17) is 0 Å². The average molecular weight is 273 g/mol. The third kappa shape index (κ3) is 4.05. The molecule has 2 aromatic rings. The van der Waals surface area contributed by atoms with Crippen molar-refractivity contribution in [2.75, 3.05) is 0 Å². The van der Waals surface area contributed by atoms with Crippen LogP contribution >= 0.6 is 0 Å². The molecule has 0 aliphatic rings. The van der Waals surface area contributed by atoms with Gasteiger partial charge in [-0.1, -0.05) is 18.2 Å². The lowest BCUT2D eigenvalue weighted by Crippen LogP contribution is -2.36. The highest BCUT2D eigenvalue weighted by molar-refractivity contribution is 5.74. The number of amides is 2. The van der Waals surface area contributed by atoms with Gasteiger partial charge in [-0.05, 0) is 36.2 Å². The van der Waals surface area contributed by atoms with Gasteiger partial charge in [-0.3, -0.25) is 4.98 Å². The van der Waals surface area contributed by atoms with Gasteiger partial charge in [-0.15, -0.1) is 0 Å². The molecule has 0 bridgehead atoms. The first-order valence-corrected chi connectivity index (χ1v) is 6.34. The monoisotopic (exact) mass is 273 g/mol. The minimum absolute atomic E-state index is 0.128. The lowest BCUT2D eigenvalue weighted by Gasteiger charge is -2.14. The van der Waals surface area contributed by atoms with Crippen LogP contribution in [0.2, 0.25) is 0 Å². The molecule has 2 amide bonds. The van der Waals surface area contributed by atoms with Crippen molar-refractivity contribution in [3.63, 3.8) is 0 Å². The van der Waals surface area contributed by atoms with Crippen LogP contribution in [0.25, 0.3) is 0 Å². The molecule has 2 rings (SSSR count). The Labute approximate surface area is 117 Å². The molecule has 0 saturated carbocycles. The fourth-order valence-electron chi connectivity index (χ4n) is 1.75. The lowest BCUT2D eigenvalue weighted by molar-refractivity contribution is 0.237. The third-order valence-corrected chi connectivity index (χ3v) is 2.90. The predicted molar refractivity (Wildman–Crippen MR) is 74.4 cm³/mol. The molecule has 4 nitrogen and oxygen atoms in total. The van der Waals surface area contributed by atoms with E-state index >= 15 is 0 Å². The molecule has 104 valence electrons. The molecule has 0 saturated heterocycles. The standard InChI is InChI=1S/C15H16FN3O/c1-11(13-3-2-8-17-10-13)19-15(20)18-9-12-4-6-14(16)7-5-12/h2-8,10-11H,9H2,1H3,(H2,18,19,20). The van der Waals surface area contributed by atoms with Crippen LogP contribution in [0, 0.1) is 5.82 Å². The van der Waals surface area contributed by atoms with E-state index in [9.17, 15) is 9.18 Å². The van der Waals surface area contributed by atoms with Gasteiger partial charge in [0, 0.05) is 18.9 Å². The molecule has 0 radical (unpaired) electrons. The summed E-state index contributed by atoms with van der Waals surface area (Å²) in [4.78, 5) is 15.8. The molecule has 1 aromatic heterocycles. The molecular weight excluding hydrogens is 257 g/mol. The Morgan fingerprint density at radius 3 is 2.70 bits per heavy atom. The van der Waals surface area contributed by atoms with Gasteiger partial charge >= 0.3 is 6.03 Å². The van der Waals surface area contributed by atoms with E-state index in [-0.39, 0.29) is 17.9 Å². The second-order valence-electron chi connectivity index (χ2n) is 4.46. The maximum Gasteiger partial charge on any atom is 0.315 e. The Kier molecular flexibility index (Phi) is 4.65. The summed E-state index contributed by atoms with van der Waals surface area (Å²) in [5.74, 6) is -0.289. The van der Waals surface area contributed by atoms with Crippen LogP contribution in [-0.2, 0) is 6.54 Å². The molecule has 0 aliphatic carbocycles. The van der Waals surface area contributed by atoms with Gasteiger partial charge in [-0.25, -0.2) is 9.18 Å². The van der Waals surface area contributed by atoms with Gasteiger partial charge in [0.2, 0.25) is 0 Å². The zero-order valence-corrected chi connectivity index (χ0v) is 11.1. The van der Waals surface area contributed by atoms with Crippen molar-refractivity contribution in [2.45, 2.75) is 19.5 Å². The molecule has 0 aliphatic heterocycles. The Morgan fingerprint density at radius 2 is 2.05 bits per heavy atom. The molecule has 1 unspecified atom stereocenters. The molecule has 20 heavy (non-hydrogen) atoms. The second-order valence-corrected chi connectivity index (χ2v) is 4.46. The van der Waals surface area contributed by atoms with Gasteiger partial charge in [0.05, 0.1) is 6.04 Å². The summed E-state index contributed by atoms with van der Waals surface area (Å²) in [5, 5.41) is 5.54. The molecular formula is C15H16FN3O. The van der Waals surface area contributed by atoms with Crippen LogP contribution in [0.3, 0.4) is 0 Å². The number of urea groups is 1. The Hall–Kier alpha value is -2.43. The number of hydrogen-bond donors (Lipinski definition) is 2. The van der Waals surface area contributed by atoms with Crippen molar-refractivity contribution in [2.24, 2.45) is 0 Å². The summed E-state index contributed by atoms with van der Waals surface area (Å²) in [6.45, 7) is 2.24. The minimum atomic E-state index is -0.289. The number of carbonyl (C=O) groups excluding carboxylic acids is 1. The number of halogens is 1. The van der Waals surface area contributed by atoms with E-state index in [1.54, 1.807) is 24.5 Å². The first-order valence-electron chi connectivity index (χ1n) is 6.34. The number of nitrogens with one attached hydrogen (secondary N) is 2. The quantitative estimate of drug-likeness (QED) is 0.900. The number of rotatable bonds is 4. The van der Waals surface area contributed by atoms with E-state index in [0.29, 0.717) is 6.54 Å². The van der Waals surface area contributed by atoms with Gasteiger partial charge in [0.15, 0.2) is 0 Å². The summed E-state index contributed by atoms with van der Waals surface area (Å²) in [5.41, 5.74) is 1.78. The summed E-state index contributed by atoms with van der Waals surface area (Å²) in [7, 11) is 0. The molecule has 1 aromatic carbocycles. The highest BCUT2D eigenvalue weighted by atomic mass is 19.1. The molecule has 1 atom stereocenters. The van der Waals surface area contributed by atoms with Gasteiger partial charge in [-0.2, -0.15) is 0 Å². The van der Waals surface area contributed by atoms with E-state index in [2.05, 4.69) is 15.6 Å². The Balaban J connectivity index is 1.82. The normalized spacial score (nSPS) is 11.7. The molecule has 5 heteroatoms. The summed E-state index contributed by atoms with van der Waals surface area (Å²) < 4.78 is 12.7. The topological polar surface area (TPSA) is 54.0 Å². The van der Waals surface area contributed by atoms with E-state index in [1.165, 1.54) is 12.1 Å². The molecule has 2 N–H and O–H groups in total. The van der Waals surface area contributed by atoms with Crippen LogP contribution in [0.1, 0.15) is 24.1 Å². The summed E-state index contributed by atoms with van der Waals surface area (Å²) >= 11 is 0. The van der Waals surface area contributed by atoms with Crippen LogP contribution in [-0.4, -0.2) is 11.0 Å². The second kappa shape index (κ2) is 6.65. The summed E-state index contributed by atoms with van der Waals surface area (Å²) in [6, 6.07) is 9.34. The third-order valence-electron chi connectivity index (χ3n) is 2.90. The maximum atomic E-state index is 12.7. The Bertz CT molecular complexity index is 557. The first-order chi connectivity index (χ1) is 9.65. The first kappa shape index (κ1) is 14.0. The SMILES string of the molecule is CC(NC(=O)NCc1ccc(F)cc1)c1cccnc1. The number of aromatic nitrogens is 1. The minimum Gasteiger partial charge on any atom is -0.334 e. The Morgan fingerprint density at radius 1 is 1.30 bits per heavy atom. The fraction of sp³-hybridized carbons (Fsp3) is 0.200. The van der Waals surface area contributed by atoms with E-state index < -0.39 is 0 Å². The number of pyridine rings is 1. The largest absolute Gasteiger partial charge is 0.334 e. The van der Waals surface area contributed by atoms with Crippen molar-refractivity contribution >= 4 is 6.03 Å². The number of nitrogens with zero attached hydrogens (tertiary/aromatic N) is 1.